The van der Waals surface area contributed by atoms with Gasteiger partial charge in [-0.1, -0.05) is 38.3 Å². The summed E-state index contributed by atoms with van der Waals surface area (Å²) in [5.74, 6) is 0.907. The molecule has 1 amide bonds. The second kappa shape index (κ2) is 6.83. The van der Waals surface area contributed by atoms with Crippen LogP contribution in [0.4, 0.5) is 0 Å². The summed E-state index contributed by atoms with van der Waals surface area (Å²) in [5, 5.41) is 9.14. The summed E-state index contributed by atoms with van der Waals surface area (Å²) < 4.78 is 1.25. The fraction of sp³-hybridized carbons (Fsp3) is 0.476. The molecule has 1 fully saturated rings. The average molecular weight is 366 g/mol. The third-order valence-electron chi connectivity index (χ3n) is 6.12. The van der Waals surface area contributed by atoms with Crippen LogP contribution in [-0.4, -0.2) is 26.7 Å². The van der Waals surface area contributed by atoms with Gasteiger partial charge in [0.05, 0.1) is 6.20 Å². The summed E-state index contributed by atoms with van der Waals surface area (Å²) in [7, 11) is 0. The summed E-state index contributed by atoms with van der Waals surface area (Å²) >= 11 is 0. The number of hydrogen-bond acceptors (Lipinski definition) is 3. The van der Waals surface area contributed by atoms with E-state index in [-0.39, 0.29) is 24.1 Å². The van der Waals surface area contributed by atoms with E-state index in [4.69, 9.17) is 0 Å². The van der Waals surface area contributed by atoms with E-state index in [1.54, 1.807) is 6.20 Å². The molecule has 3 aromatic rings. The van der Waals surface area contributed by atoms with Gasteiger partial charge in [-0.2, -0.15) is 5.10 Å². The van der Waals surface area contributed by atoms with Crippen LogP contribution in [0.15, 0.2) is 29.2 Å². The first-order valence-corrected chi connectivity index (χ1v) is 9.71. The quantitative estimate of drug-likeness (QED) is 0.747. The Morgan fingerprint density at radius 1 is 1.30 bits per heavy atom. The zero-order valence-corrected chi connectivity index (χ0v) is 16.1. The lowest BCUT2D eigenvalue weighted by Crippen LogP contribution is -2.45. The molecule has 0 unspecified atom stereocenters. The number of amides is 1. The maximum atomic E-state index is 12.8. The SMILES string of the molecule is Cc1ccc2[nH]c3c(=O)n(CC(=O)N[C@@H]4CCC[C@H](C)[C@@H]4C)ncc3c2c1. The van der Waals surface area contributed by atoms with Crippen LogP contribution in [0.25, 0.3) is 21.8 Å². The summed E-state index contributed by atoms with van der Waals surface area (Å²) in [6, 6.07) is 6.19. The Labute approximate surface area is 158 Å². The largest absolute Gasteiger partial charge is 0.351 e. The maximum absolute atomic E-state index is 12.8. The van der Waals surface area contributed by atoms with Gasteiger partial charge in [-0.15, -0.1) is 0 Å². The van der Waals surface area contributed by atoms with E-state index in [0.29, 0.717) is 17.4 Å². The number of H-pyrrole nitrogens is 1. The van der Waals surface area contributed by atoms with Crippen LogP contribution in [0.2, 0.25) is 0 Å². The molecule has 6 nitrogen and oxygen atoms in total. The normalized spacial score (nSPS) is 23.0. The Bertz CT molecular complexity index is 1070. The number of aromatic nitrogens is 3. The number of carbonyl (C=O) groups is 1. The van der Waals surface area contributed by atoms with Crippen LogP contribution in [-0.2, 0) is 11.3 Å². The van der Waals surface area contributed by atoms with Gasteiger partial charge >= 0.3 is 0 Å². The lowest BCUT2D eigenvalue weighted by atomic mass is 9.78. The van der Waals surface area contributed by atoms with Crippen molar-refractivity contribution in [3.05, 3.63) is 40.3 Å². The Morgan fingerprint density at radius 3 is 2.93 bits per heavy atom. The Kier molecular flexibility index (Phi) is 4.50. The number of carbonyl (C=O) groups excluding carboxylic acids is 1. The average Bonchev–Trinajstić information content (AvgIpc) is 3.00. The molecule has 1 aliphatic rings. The van der Waals surface area contributed by atoms with Gasteiger partial charge in [-0.05, 0) is 37.3 Å². The van der Waals surface area contributed by atoms with Gasteiger partial charge in [0, 0.05) is 22.3 Å². The van der Waals surface area contributed by atoms with Crippen LogP contribution in [0.5, 0.6) is 0 Å². The van der Waals surface area contributed by atoms with Gasteiger partial charge in [-0.3, -0.25) is 9.59 Å². The standard InChI is InChI=1S/C21H26N4O2/c1-12-7-8-18-15(9-12)16-10-22-25(21(27)20(16)24-18)11-19(26)23-17-6-4-5-13(2)14(17)3/h7-10,13-14,17,24H,4-6,11H2,1-3H3,(H,23,26)/t13-,14-,17+/m0/s1. The zero-order valence-electron chi connectivity index (χ0n) is 16.1. The lowest BCUT2D eigenvalue weighted by molar-refractivity contribution is -0.123. The minimum absolute atomic E-state index is 0.0548. The van der Waals surface area contributed by atoms with Crippen molar-refractivity contribution in [2.45, 2.75) is 52.6 Å². The van der Waals surface area contributed by atoms with Gasteiger partial charge < -0.3 is 10.3 Å². The minimum atomic E-state index is -0.262. The minimum Gasteiger partial charge on any atom is -0.351 e. The van der Waals surface area contributed by atoms with Crippen molar-refractivity contribution in [3.63, 3.8) is 0 Å². The van der Waals surface area contributed by atoms with E-state index < -0.39 is 0 Å². The van der Waals surface area contributed by atoms with E-state index in [1.165, 1.54) is 11.1 Å². The number of aromatic amines is 1. The predicted octanol–water partition coefficient (Wildman–Crippen LogP) is 3.13. The Morgan fingerprint density at radius 2 is 2.11 bits per heavy atom. The molecule has 4 rings (SSSR count). The molecule has 0 spiro atoms. The van der Waals surface area contributed by atoms with Crippen molar-refractivity contribution in [1.82, 2.24) is 20.1 Å². The molecule has 6 heteroatoms. The number of nitrogens with one attached hydrogen (secondary N) is 2. The van der Waals surface area contributed by atoms with Gasteiger partial charge in [-0.25, -0.2) is 4.68 Å². The van der Waals surface area contributed by atoms with Crippen LogP contribution < -0.4 is 10.9 Å². The maximum Gasteiger partial charge on any atom is 0.291 e. The summed E-state index contributed by atoms with van der Waals surface area (Å²) in [6.45, 7) is 6.39. The molecule has 142 valence electrons. The Balaban J connectivity index is 1.59. The van der Waals surface area contributed by atoms with Crippen LogP contribution >= 0.6 is 0 Å². The predicted molar refractivity (Wildman–Crippen MR) is 107 cm³/mol. The van der Waals surface area contributed by atoms with Gasteiger partial charge in [0.25, 0.3) is 5.56 Å². The first-order valence-electron chi connectivity index (χ1n) is 9.71. The number of fused-ring (bicyclic) bond motifs is 3. The van der Waals surface area contributed by atoms with E-state index in [9.17, 15) is 9.59 Å². The fourth-order valence-electron chi connectivity index (χ4n) is 4.23. The zero-order chi connectivity index (χ0) is 19.1. The van der Waals surface area contributed by atoms with Crippen LogP contribution in [0.3, 0.4) is 0 Å². The highest BCUT2D eigenvalue weighted by Crippen LogP contribution is 2.29. The van der Waals surface area contributed by atoms with Crippen molar-refractivity contribution in [2.24, 2.45) is 11.8 Å². The van der Waals surface area contributed by atoms with Gasteiger partial charge in [0.15, 0.2) is 0 Å². The smallest absolute Gasteiger partial charge is 0.291 e. The van der Waals surface area contributed by atoms with Crippen molar-refractivity contribution in [3.8, 4) is 0 Å². The highest BCUT2D eigenvalue weighted by atomic mass is 16.2. The van der Waals surface area contributed by atoms with Crippen molar-refractivity contribution in [2.75, 3.05) is 0 Å². The topological polar surface area (TPSA) is 79.8 Å². The second-order valence-corrected chi connectivity index (χ2v) is 8.01. The first kappa shape index (κ1) is 17.8. The highest BCUT2D eigenvalue weighted by molar-refractivity contribution is 6.06. The molecule has 2 aromatic heterocycles. The van der Waals surface area contributed by atoms with E-state index >= 15 is 0 Å². The molecule has 3 atom stereocenters. The van der Waals surface area contributed by atoms with E-state index in [0.717, 1.165) is 34.7 Å². The molecule has 0 radical (unpaired) electrons. The fourth-order valence-corrected chi connectivity index (χ4v) is 4.23. The molecule has 2 N–H and O–H groups in total. The lowest BCUT2D eigenvalue weighted by Gasteiger charge is -2.34. The van der Waals surface area contributed by atoms with E-state index in [1.807, 2.05) is 25.1 Å². The summed E-state index contributed by atoms with van der Waals surface area (Å²) in [5.41, 5.74) is 2.27. The number of nitrogens with zero attached hydrogens (tertiary/aromatic N) is 2. The van der Waals surface area contributed by atoms with Crippen molar-refractivity contribution < 1.29 is 4.79 Å². The monoisotopic (exact) mass is 366 g/mol. The number of aryl methyl sites for hydroxylation is 1. The molecule has 0 saturated heterocycles. The molecular formula is C21H26N4O2. The second-order valence-electron chi connectivity index (χ2n) is 8.01. The molecule has 27 heavy (non-hydrogen) atoms. The van der Waals surface area contributed by atoms with Crippen LogP contribution in [0, 0.1) is 18.8 Å². The molecule has 0 aliphatic heterocycles. The third-order valence-corrected chi connectivity index (χ3v) is 6.12. The van der Waals surface area contributed by atoms with Crippen molar-refractivity contribution >= 4 is 27.7 Å². The van der Waals surface area contributed by atoms with E-state index in [2.05, 4.69) is 29.2 Å². The molecule has 1 aliphatic carbocycles. The van der Waals surface area contributed by atoms with Gasteiger partial charge in [0.1, 0.15) is 12.1 Å². The molecule has 0 bridgehead atoms. The first-order chi connectivity index (χ1) is 12.9. The van der Waals surface area contributed by atoms with Crippen molar-refractivity contribution in [1.29, 1.82) is 0 Å². The van der Waals surface area contributed by atoms with Crippen LogP contribution in [0.1, 0.15) is 38.7 Å². The number of rotatable bonds is 3. The molecule has 1 aromatic carbocycles. The van der Waals surface area contributed by atoms with Gasteiger partial charge in [0.2, 0.25) is 5.91 Å². The highest BCUT2D eigenvalue weighted by Gasteiger charge is 2.28. The summed E-state index contributed by atoms with van der Waals surface area (Å²) in [6.07, 6.45) is 5.02. The third kappa shape index (κ3) is 3.24. The summed E-state index contributed by atoms with van der Waals surface area (Å²) in [4.78, 5) is 28.5. The Hall–Kier alpha value is -2.63. The number of hydrogen-bond donors (Lipinski definition) is 2. The molecule has 2 heterocycles. The molecular weight excluding hydrogens is 340 g/mol. The molecule has 1 saturated carbocycles. The number of benzene rings is 1.